The number of fused-ring (bicyclic) bond motifs is 1. The Bertz CT molecular complexity index is 1430. The number of hydrogen-bond donors (Lipinski definition) is 1. The molecule has 38 heavy (non-hydrogen) atoms. The lowest BCUT2D eigenvalue weighted by Crippen LogP contribution is -2.29. The quantitative estimate of drug-likeness (QED) is 0.283. The smallest absolute Gasteiger partial charge is 0.345 e. The number of hydrogen-bond acceptors (Lipinski definition) is 6. The molecule has 0 amide bonds. The van der Waals surface area contributed by atoms with Crippen LogP contribution in [0.4, 0.5) is 0 Å². The summed E-state index contributed by atoms with van der Waals surface area (Å²) in [5.74, 6) is 0.864. The van der Waals surface area contributed by atoms with E-state index in [1.54, 1.807) is 52.7 Å². The third-order valence-electron chi connectivity index (χ3n) is 6.28. The Balaban J connectivity index is 1.43. The highest BCUT2D eigenvalue weighted by Crippen LogP contribution is 2.18. The molecule has 4 aromatic rings. The van der Waals surface area contributed by atoms with E-state index in [9.17, 15) is 14.7 Å². The summed E-state index contributed by atoms with van der Waals surface area (Å²) in [5.41, 5.74) is 2.79. The fourth-order valence-electron chi connectivity index (χ4n) is 4.44. The molecule has 2 aromatic heterocycles. The first kappa shape index (κ1) is 26.9. The van der Waals surface area contributed by atoms with Crippen molar-refractivity contribution in [1.82, 2.24) is 19.3 Å². The highest BCUT2D eigenvalue weighted by Gasteiger charge is 2.20. The molecule has 200 valence electrons. The number of carboxylic acid groups (broad SMARTS) is 1. The van der Waals surface area contributed by atoms with Gasteiger partial charge in [0.25, 0.3) is 5.56 Å². The van der Waals surface area contributed by atoms with E-state index in [2.05, 4.69) is 18.9 Å². The summed E-state index contributed by atoms with van der Waals surface area (Å²) in [5, 5.41) is 14.1. The van der Waals surface area contributed by atoms with Crippen LogP contribution in [0.25, 0.3) is 11.0 Å². The van der Waals surface area contributed by atoms with E-state index in [4.69, 9.17) is 14.5 Å². The van der Waals surface area contributed by atoms with Gasteiger partial charge in [-0.15, -0.1) is 0 Å². The zero-order valence-electron chi connectivity index (χ0n) is 22.1. The molecule has 0 saturated heterocycles. The highest BCUT2D eigenvalue weighted by molar-refractivity contribution is 5.76. The number of para-hydroxylation sites is 1. The maximum Gasteiger partial charge on any atom is 0.345 e. The largest absolute Gasteiger partial charge is 0.492 e. The van der Waals surface area contributed by atoms with Gasteiger partial charge in [-0.1, -0.05) is 50.6 Å². The van der Waals surface area contributed by atoms with Crippen LogP contribution >= 0.6 is 0 Å². The second-order valence-electron chi connectivity index (χ2n) is 9.21. The van der Waals surface area contributed by atoms with Gasteiger partial charge in [-0.3, -0.25) is 14.0 Å². The standard InChI is InChI=1S/C29H34N4O5/c1-4-9-23-26-27(32(3)31-23)28(34)33(25(30-26)10-5-2)17-18-37-21-15-13-20(14-16-21)19-24(29(35)36)38-22-11-7-6-8-12-22/h6-8,11-16,24H,4-5,9-10,17-19H2,1-3H3,(H,35,36). The molecule has 0 fully saturated rings. The first-order valence-corrected chi connectivity index (χ1v) is 13.0. The molecule has 0 saturated carbocycles. The summed E-state index contributed by atoms with van der Waals surface area (Å²) in [7, 11) is 1.78. The SMILES string of the molecule is CCCc1nn(C)c2c(=O)n(CCOc3ccc(CC(Oc4ccccc4)C(=O)O)cc3)c(CCC)nc12. The third kappa shape index (κ3) is 6.22. The zero-order chi connectivity index (χ0) is 27.1. The minimum atomic E-state index is -1.02. The third-order valence-corrected chi connectivity index (χ3v) is 6.28. The molecule has 1 unspecified atom stereocenters. The lowest BCUT2D eigenvalue weighted by atomic mass is 10.1. The van der Waals surface area contributed by atoms with Gasteiger partial charge in [0.05, 0.1) is 12.2 Å². The first-order valence-electron chi connectivity index (χ1n) is 13.0. The van der Waals surface area contributed by atoms with Crippen molar-refractivity contribution in [2.45, 2.75) is 58.6 Å². The van der Waals surface area contributed by atoms with Crippen LogP contribution in [0.3, 0.4) is 0 Å². The van der Waals surface area contributed by atoms with Crippen molar-refractivity contribution in [3.63, 3.8) is 0 Å². The number of ether oxygens (including phenoxy) is 2. The van der Waals surface area contributed by atoms with Crippen molar-refractivity contribution in [3.8, 4) is 11.5 Å². The number of aliphatic carboxylic acids is 1. The molecule has 9 nitrogen and oxygen atoms in total. The van der Waals surface area contributed by atoms with Crippen LogP contribution in [-0.4, -0.2) is 43.1 Å². The lowest BCUT2D eigenvalue weighted by molar-refractivity contribution is -0.145. The van der Waals surface area contributed by atoms with Crippen LogP contribution in [0.5, 0.6) is 11.5 Å². The van der Waals surface area contributed by atoms with Crippen molar-refractivity contribution < 1.29 is 19.4 Å². The topological polar surface area (TPSA) is 108 Å². The molecule has 4 rings (SSSR count). The molecule has 1 atom stereocenters. The van der Waals surface area contributed by atoms with Crippen molar-refractivity contribution in [2.24, 2.45) is 7.05 Å². The molecule has 0 aliphatic heterocycles. The Labute approximate surface area is 221 Å². The van der Waals surface area contributed by atoms with Crippen LogP contribution in [0.1, 0.15) is 43.8 Å². The molecule has 0 spiro atoms. The molecule has 0 bridgehead atoms. The van der Waals surface area contributed by atoms with Crippen molar-refractivity contribution in [2.75, 3.05) is 6.61 Å². The van der Waals surface area contributed by atoms with E-state index < -0.39 is 12.1 Å². The van der Waals surface area contributed by atoms with Gasteiger partial charge in [-0.2, -0.15) is 5.10 Å². The van der Waals surface area contributed by atoms with Gasteiger partial charge in [0, 0.05) is 19.9 Å². The predicted molar refractivity (Wildman–Crippen MR) is 145 cm³/mol. The van der Waals surface area contributed by atoms with E-state index in [0.717, 1.165) is 36.3 Å². The van der Waals surface area contributed by atoms with Gasteiger partial charge < -0.3 is 14.6 Å². The van der Waals surface area contributed by atoms with E-state index >= 15 is 0 Å². The van der Waals surface area contributed by atoms with E-state index in [0.29, 0.717) is 35.5 Å². The normalized spacial score (nSPS) is 12.0. The van der Waals surface area contributed by atoms with Crippen molar-refractivity contribution >= 4 is 17.0 Å². The van der Waals surface area contributed by atoms with Crippen LogP contribution in [0, 0.1) is 0 Å². The minimum Gasteiger partial charge on any atom is -0.492 e. The fourth-order valence-corrected chi connectivity index (χ4v) is 4.44. The number of aromatic nitrogens is 4. The number of carbonyl (C=O) groups is 1. The molecule has 9 heteroatoms. The zero-order valence-corrected chi connectivity index (χ0v) is 22.1. The Morgan fingerprint density at radius 1 is 1.00 bits per heavy atom. The molecular weight excluding hydrogens is 484 g/mol. The summed E-state index contributed by atoms with van der Waals surface area (Å²) < 4.78 is 14.9. The average Bonchev–Trinajstić information content (AvgIpc) is 3.22. The summed E-state index contributed by atoms with van der Waals surface area (Å²) in [6.07, 6.45) is 2.50. The monoisotopic (exact) mass is 518 g/mol. The molecule has 0 aliphatic carbocycles. The molecule has 0 aliphatic rings. The fraction of sp³-hybridized carbons (Fsp3) is 0.379. The van der Waals surface area contributed by atoms with E-state index in [-0.39, 0.29) is 18.6 Å². The van der Waals surface area contributed by atoms with E-state index in [1.807, 2.05) is 18.2 Å². The van der Waals surface area contributed by atoms with Gasteiger partial charge in [0.15, 0.2) is 11.6 Å². The second kappa shape index (κ2) is 12.4. The van der Waals surface area contributed by atoms with Crippen LogP contribution in [-0.2, 0) is 37.6 Å². The molecular formula is C29H34N4O5. The number of carboxylic acids is 1. The predicted octanol–water partition coefficient (Wildman–Crippen LogP) is 4.19. The highest BCUT2D eigenvalue weighted by atomic mass is 16.5. The molecule has 1 N–H and O–H groups in total. The lowest BCUT2D eigenvalue weighted by Gasteiger charge is -2.16. The Kier molecular flexibility index (Phi) is 8.78. The number of nitrogens with zero attached hydrogens (tertiary/aromatic N) is 4. The summed E-state index contributed by atoms with van der Waals surface area (Å²) >= 11 is 0. The first-order chi connectivity index (χ1) is 18.4. The molecule has 2 aromatic carbocycles. The van der Waals surface area contributed by atoms with Crippen LogP contribution in [0.2, 0.25) is 0 Å². The number of aryl methyl sites for hydroxylation is 3. The van der Waals surface area contributed by atoms with Gasteiger partial charge in [0.1, 0.15) is 29.4 Å². The maximum absolute atomic E-state index is 13.4. The molecule has 0 radical (unpaired) electrons. The number of benzene rings is 2. The van der Waals surface area contributed by atoms with Crippen LogP contribution in [0.15, 0.2) is 59.4 Å². The van der Waals surface area contributed by atoms with Gasteiger partial charge >= 0.3 is 5.97 Å². The van der Waals surface area contributed by atoms with Crippen molar-refractivity contribution in [3.05, 3.63) is 82.0 Å². The minimum absolute atomic E-state index is 0.104. The van der Waals surface area contributed by atoms with Gasteiger partial charge in [-0.25, -0.2) is 9.78 Å². The number of rotatable bonds is 13. The van der Waals surface area contributed by atoms with Gasteiger partial charge in [0.2, 0.25) is 0 Å². The Morgan fingerprint density at radius 2 is 1.71 bits per heavy atom. The van der Waals surface area contributed by atoms with E-state index in [1.165, 1.54) is 0 Å². The van der Waals surface area contributed by atoms with Gasteiger partial charge in [-0.05, 0) is 42.7 Å². The Morgan fingerprint density at radius 3 is 2.37 bits per heavy atom. The van der Waals surface area contributed by atoms with Crippen LogP contribution < -0.4 is 15.0 Å². The maximum atomic E-state index is 13.4. The average molecular weight is 519 g/mol. The molecule has 2 heterocycles. The summed E-state index contributed by atoms with van der Waals surface area (Å²) in [6, 6.07) is 16.2. The second-order valence-corrected chi connectivity index (χ2v) is 9.21. The summed E-state index contributed by atoms with van der Waals surface area (Å²) in [6.45, 7) is 4.80. The van der Waals surface area contributed by atoms with Crippen molar-refractivity contribution in [1.29, 1.82) is 0 Å². The Hall–Kier alpha value is -4.14. The summed E-state index contributed by atoms with van der Waals surface area (Å²) in [4.78, 5) is 29.9.